The van der Waals surface area contributed by atoms with Crippen molar-refractivity contribution in [3.05, 3.63) is 64.2 Å². The third-order valence-electron chi connectivity index (χ3n) is 5.32. The van der Waals surface area contributed by atoms with Gasteiger partial charge in [0, 0.05) is 5.56 Å². The number of hydrogen-bond acceptors (Lipinski definition) is 10. The van der Waals surface area contributed by atoms with Crippen LogP contribution in [0.1, 0.15) is 51.3 Å². The van der Waals surface area contributed by atoms with E-state index < -0.39 is 79.7 Å². The van der Waals surface area contributed by atoms with Crippen molar-refractivity contribution >= 4 is 11.6 Å². The molecule has 10 nitrogen and oxygen atoms in total. The van der Waals surface area contributed by atoms with Crippen LogP contribution in [0.4, 0.5) is 0 Å². The monoisotopic (exact) mass is 456 g/mol. The maximum absolute atomic E-state index is 12.1. The third kappa shape index (κ3) is 3.33. The van der Waals surface area contributed by atoms with E-state index in [2.05, 4.69) is 0 Å². The van der Waals surface area contributed by atoms with Crippen LogP contribution in [-0.2, 0) is 5.60 Å². The number of carbonyl (C=O) groups is 2. The van der Waals surface area contributed by atoms with Gasteiger partial charge in [-0.05, 0) is 25.5 Å². The summed E-state index contributed by atoms with van der Waals surface area (Å²) in [6.07, 6.45) is 0. The average Bonchev–Trinajstić information content (AvgIpc) is 2.76. The van der Waals surface area contributed by atoms with Crippen LogP contribution in [0.25, 0.3) is 0 Å². The van der Waals surface area contributed by atoms with Crippen molar-refractivity contribution in [2.45, 2.75) is 19.4 Å². The van der Waals surface area contributed by atoms with Crippen molar-refractivity contribution in [3.63, 3.8) is 0 Å². The Morgan fingerprint density at radius 3 is 1.73 bits per heavy atom. The largest absolute Gasteiger partial charge is 0.506 e. The van der Waals surface area contributed by atoms with Gasteiger partial charge in [0.2, 0.25) is 11.5 Å². The van der Waals surface area contributed by atoms with E-state index in [1.54, 1.807) is 6.07 Å². The lowest BCUT2D eigenvalue weighted by molar-refractivity contribution is 0.0998. The molecule has 3 aromatic carbocycles. The molecule has 0 aromatic heterocycles. The van der Waals surface area contributed by atoms with E-state index in [0.29, 0.717) is 0 Å². The van der Waals surface area contributed by atoms with Gasteiger partial charge in [0.1, 0.15) is 11.3 Å². The van der Waals surface area contributed by atoms with E-state index in [0.717, 1.165) is 19.9 Å². The highest BCUT2D eigenvalue weighted by atomic mass is 16.3. The average molecular weight is 456 g/mol. The Kier molecular flexibility index (Phi) is 5.57. The zero-order valence-corrected chi connectivity index (χ0v) is 17.4. The summed E-state index contributed by atoms with van der Waals surface area (Å²) < 4.78 is 0. The lowest BCUT2D eigenvalue weighted by Gasteiger charge is -2.33. The summed E-state index contributed by atoms with van der Waals surface area (Å²) in [5.74, 6) is -9.80. The lowest BCUT2D eigenvalue weighted by Crippen LogP contribution is -2.30. The number of phenolic OH excluding ortho intramolecular Hbond substituents is 7. The van der Waals surface area contributed by atoms with Gasteiger partial charge in [-0.1, -0.05) is 30.3 Å². The number of aliphatic hydroxyl groups is 1. The molecule has 10 heteroatoms. The second-order valence-electron chi connectivity index (χ2n) is 7.35. The van der Waals surface area contributed by atoms with Gasteiger partial charge in [0.25, 0.3) is 0 Å². The molecule has 3 aromatic rings. The number of benzene rings is 3. The van der Waals surface area contributed by atoms with E-state index in [4.69, 9.17) is 0 Å². The molecule has 0 fully saturated rings. The molecule has 0 aliphatic heterocycles. The third-order valence-corrected chi connectivity index (χ3v) is 5.32. The molecule has 33 heavy (non-hydrogen) atoms. The minimum atomic E-state index is -2.83. The summed E-state index contributed by atoms with van der Waals surface area (Å²) in [4.78, 5) is 24.1. The second kappa shape index (κ2) is 7.92. The number of Topliss-reactive ketones (excluding diaryl/α,β-unsaturated/α-hetero) is 2. The first-order chi connectivity index (χ1) is 15.3. The number of hydrogen-bond donors (Lipinski definition) is 8. The van der Waals surface area contributed by atoms with Crippen LogP contribution in [0.15, 0.2) is 36.4 Å². The maximum Gasteiger partial charge on any atom is 0.201 e. The molecule has 0 heterocycles. The zero-order valence-electron chi connectivity index (χ0n) is 17.4. The van der Waals surface area contributed by atoms with Gasteiger partial charge in [-0.25, -0.2) is 0 Å². The molecule has 1 atom stereocenters. The van der Waals surface area contributed by atoms with Crippen LogP contribution in [0.2, 0.25) is 0 Å². The van der Waals surface area contributed by atoms with E-state index in [9.17, 15) is 50.4 Å². The fraction of sp³-hybridized carbons (Fsp3) is 0.130. The summed E-state index contributed by atoms with van der Waals surface area (Å²) in [5.41, 5.74) is -5.99. The van der Waals surface area contributed by atoms with Crippen molar-refractivity contribution in [2.24, 2.45) is 0 Å². The molecule has 172 valence electrons. The van der Waals surface area contributed by atoms with Crippen molar-refractivity contribution in [3.8, 4) is 40.2 Å². The fourth-order valence-corrected chi connectivity index (χ4v) is 3.68. The van der Waals surface area contributed by atoms with Crippen molar-refractivity contribution in [1.82, 2.24) is 0 Å². The van der Waals surface area contributed by atoms with Gasteiger partial charge < -0.3 is 40.9 Å². The smallest absolute Gasteiger partial charge is 0.201 e. The predicted octanol–water partition coefficient (Wildman–Crippen LogP) is 2.32. The molecular weight excluding hydrogens is 436 g/mol. The quantitative estimate of drug-likeness (QED) is 0.122. The minimum absolute atomic E-state index is 0.162. The molecule has 1 unspecified atom stereocenters. The Hall–Kier alpha value is -4.44. The standard InChI is InChI=1S/C23H20O10/c1-9(24)12-8-13(17(27)21(31)16(12)26)23(33,11-6-4-3-5-7-11)15-18(28)14(10(2)25)19(29)22(32)20(15)30/h3-8,26-33H,1-2H3. The molecule has 0 aliphatic carbocycles. The van der Waals surface area contributed by atoms with Crippen molar-refractivity contribution in [1.29, 1.82) is 0 Å². The van der Waals surface area contributed by atoms with Gasteiger partial charge in [-0.15, -0.1) is 0 Å². The van der Waals surface area contributed by atoms with E-state index >= 15 is 0 Å². The Bertz CT molecular complexity index is 1300. The highest BCUT2D eigenvalue weighted by molar-refractivity contribution is 6.02. The highest BCUT2D eigenvalue weighted by Crippen LogP contribution is 2.56. The van der Waals surface area contributed by atoms with Crippen molar-refractivity contribution < 1.29 is 50.4 Å². The van der Waals surface area contributed by atoms with Crippen LogP contribution in [0.5, 0.6) is 40.2 Å². The Labute approximate surface area is 186 Å². The van der Waals surface area contributed by atoms with Crippen LogP contribution >= 0.6 is 0 Å². The van der Waals surface area contributed by atoms with Crippen LogP contribution in [-0.4, -0.2) is 52.4 Å². The number of rotatable bonds is 5. The molecule has 0 saturated heterocycles. The minimum Gasteiger partial charge on any atom is -0.506 e. The molecule has 0 amide bonds. The first-order valence-electron chi connectivity index (χ1n) is 9.44. The summed E-state index contributed by atoms with van der Waals surface area (Å²) in [6.45, 7) is 1.97. The van der Waals surface area contributed by atoms with Crippen LogP contribution < -0.4 is 0 Å². The number of aromatic hydroxyl groups is 7. The topological polar surface area (TPSA) is 196 Å². The summed E-state index contributed by atoms with van der Waals surface area (Å²) in [6, 6.07) is 7.80. The zero-order chi connectivity index (χ0) is 24.8. The first kappa shape index (κ1) is 23.2. The number of phenols is 7. The number of ketones is 2. The number of carbonyl (C=O) groups excluding carboxylic acids is 2. The normalized spacial score (nSPS) is 12.8. The van der Waals surface area contributed by atoms with Gasteiger partial charge in [0.05, 0.1) is 11.1 Å². The van der Waals surface area contributed by atoms with E-state index in [1.807, 2.05) is 0 Å². The van der Waals surface area contributed by atoms with Crippen LogP contribution in [0.3, 0.4) is 0 Å². The molecule has 0 spiro atoms. The SMILES string of the molecule is CC(=O)c1cc(C(O)(c2ccccc2)c2c(O)c(O)c(O)c(C(C)=O)c2O)c(O)c(O)c1O. The summed E-state index contributed by atoms with van der Waals surface area (Å²) >= 11 is 0. The molecule has 0 aliphatic rings. The molecule has 0 bridgehead atoms. The first-order valence-corrected chi connectivity index (χ1v) is 9.44. The van der Waals surface area contributed by atoms with Crippen LogP contribution in [0, 0.1) is 0 Å². The van der Waals surface area contributed by atoms with Crippen molar-refractivity contribution in [2.75, 3.05) is 0 Å². The molecular formula is C23H20O10. The summed E-state index contributed by atoms with van der Waals surface area (Å²) in [5, 5.41) is 84.5. The molecule has 8 N–H and O–H groups in total. The fourth-order valence-electron chi connectivity index (χ4n) is 3.68. The molecule has 0 radical (unpaired) electrons. The maximum atomic E-state index is 12.1. The van der Waals surface area contributed by atoms with Gasteiger partial charge >= 0.3 is 0 Å². The van der Waals surface area contributed by atoms with Gasteiger partial charge in [-0.3, -0.25) is 9.59 Å². The second-order valence-corrected chi connectivity index (χ2v) is 7.35. The van der Waals surface area contributed by atoms with E-state index in [-0.39, 0.29) is 5.56 Å². The van der Waals surface area contributed by atoms with Gasteiger partial charge in [-0.2, -0.15) is 0 Å². The highest BCUT2D eigenvalue weighted by Gasteiger charge is 2.45. The summed E-state index contributed by atoms with van der Waals surface area (Å²) in [7, 11) is 0. The Morgan fingerprint density at radius 2 is 1.21 bits per heavy atom. The Morgan fingerprint density at radius 1 is 0.667 bits per heavy atom. The molecule has 3 rings (SSSR count). The van der Waals surface area contributed by atoms with Gasteiger partial charge in [0.15, 0.2) is 40.2 Å². The van der Waals surface area contributed by atoms with E-state index in [1.165, 1.54) is 24.3 Å². The Balaban J connectivity index is 2.61. The molecule has 0 saturated carbocycles. The predicted molar refractivity (Wildman–Crippen MR) is 113 cm³/mol. The lowest BCUT2D eigenvalue weighted by atomic mass is 9.77.